The zero-order valence-electron chi connectivity index (χ0n) is 12.8. The van der Waals surface area contributed by atoms with E-state index >= 15 is 0 Å². The summed E-state index contributed by atoms with van der Waals surface area (Å²) in [7, 11) is 0. The number of carbonyl (C=O) groups excluding carboxylic acids is 1. The van der Waals surface area contributed by atoms with E-state index in [2.05, 4.69) is 10.2 Å². The highest BCUT2D eigenvalue weighted by atomic mass is 32.1. The number of aliphatic hydroxyl groups is 1. The molecular weight excluding hydrogens is 312 g/mol. The zero-order valence-corrected chi connectivity index (χ0v) is 13.6. The molecule has 0 unspecified atom stereocenters. The quantitative estimate of drug-likeness (QED) is 0.876. The molecule has 1 amide bonds. The van der Waals surface area contributed by atoms with Gasteiger partial charge in [-0.25, -0.2) is 0 Å². The Balaban J connectivity index is 1.58. The summed E-state index contributed by atoms with van der Waals surface area (Å²) in [6.45, 7) is 2.84. The van der Waals surface area contributed by atoms with Gasteiger partial charge in [0, 0.05) is 23.5 Å². The van der Waals surface area contributed by atoms with Crippen molar-refractivity contribution in [3.8, 4) is 5.75 Å². The maximum Gasteiger partial charge on any atom is 0.234 e. The van der Waals surface area contributed by atoms with Gasteiger partial charge in [0.1, 0.15) is 12.4 Å². The van der Waals surface area contributed by atoms with E-state index in [0.717, 1.165) is 21.8 Å². The van der Waals surface area contributed by atoms with Gasteiger partial charge in [-0.15, -0.1) is 11.3 Å². The Morgan fingerprint density at radius 1 is 1.39 bits per heavy atom. The minimum atomic E-state index is 0.00851. The number of thiophene rings is 1. The van der Waals surface area contributed by atoms with Crippen LogP contribution in [0.1, 0.15) is 16.0 Å². The molecule has 5 nitrogen and oxygen atoms in total. The van der Waals surface area contributed by atoms with E-state index < -0.39 is 0 Å². The lowest BCUT2D eigenvalue weighted by Gasteiger charge is -2.18. The SMILES string of the molecule is O=C(CN1CCOc2ccc(CO)cc2C1)NCc1cccs1. The number of ether oxygens (including phenoxy) is 1. The normalized spacial score (nSPS) is 14.7. The van der Waals surface area contributed by atoms with Crippen molar-refractivity contribution in [3.63, 3.8) is 0 Å². The fourth-order valence-corrected chi connectivity index (χ4v) is 3.24. The number of rotatable bonds is 5. The molecule has 1 aromatic heterocycles. The number of nitrogens with zero attached hydrogens (tertiary/aromatic N) is 1. The predicted octanol–water partition coefficient (Wildman–Crippen LogP) is 1.75. The summed E-state index contributed by atoms with van der Waals surface area (Å²) >= 11 is 1.64. The molecule has 0 saturated carbocycles. The maximum absolute atomic E-state index is 12.1. The molecule has 0 aliphatic carbocycles. The summed E-state index contributed by atoms with van der Waals surface area (Å²) in [6, 6.07) is 9.69. The first-order valence-electron chi connectivity index (χ1n) is 7.61. The van der Waals surface area contributed by atoms with Gasteiger partial charge < -0.3 is 15.2 Å². The number of fused-ring (bicyclic) bond motifs is 1. The third-order valence-corrected chi connectivity index (χ3v) is 4.65. The molecule has 1 aliphatic heterocycles. The number of amides is 1. The average Bonchev–Trinajstić information content (AvgIpc) is 2.99. The van der Waals surface area contributed by atoms with Crippen LogP contribution < -0.4 is 10.1 Å². The minimum Gasteiger partial charge on any atom is -0.492 e. The van der Waals surface area contributed by atoms with Crippen molar-refractivity contribution in [1.29, 1.82) is 0 Å². The molecule has 2 heterocycles. The Kier molecular flexibility index (Phi) is 5.27. The van der Waals surface area contributed by atoms with E-state index in [4.69, 9.17) is 4.74 Å². The Hall–Kier alpha value is -1.89. The van der Waals surface area contributed by atoms with E-state index in [1.807, 2.05) is 35.7 Å². The van der Waals surface area contributed by atoms with Crippen LogP contribution in [0.4, 0.5) is 0 Å². The molecular formula is C17H20N2O3S. The lowest BCUT2D eigenvalue weighted by molar-refractivity contribution is -0.122. The van der Waals surface area contributed by atoms with Gasteiger partial charge in [0.15, 0.2) is 0 Å². The first kappa shape index (κ1) is 16.0. The summed E-state index contributed by atoms with van der Waals surface area (Å²) < 4.78 is 5.73. The average molecular weight is 332 g/mol. The third-order valence-electron chi connectivity index (χ3n) is 3.77. The van der Waals surface area contributed by atoms with Crippen LogP contribution in [0.3, 0.4) is 0 Å². The fourth-order valence-electron chi connectivity index (χ4n) is 2.59. The molecule has 0 spiro atoms. The third kappa shape index (κ3) is 4.31. The Bertz CT molecular complexity index is 658. The van der Waals surface area contributed by atoms with E-state index in [-0.39, 0.29) is 12.5 Å². The van der Waals surface area contributed by atoms with Crippen molar-refractivity contribution in [2.45, 2.75) is 19.7 Å². The lowest BCUT2D eigenvalue weighted by Crippen LogP contribution is -2.37. The molecule has 0 atom stereocenters. The lowest BCUT2D eigenvalue weighted by atomic mass is 10.1. The number of hydrogen-bond donors (Lipinski definition) is 2. The van der Waals surface area contributed by atoms with E-state index in [0.29, 0.717) is 32.8 Å². The van der Waals surface area contributed by atoms with Crippen molar-refractivity contribution >= 4 is 17.2 Å². The van der Waals surface area contributed by atoms with Crippen molar-refractivity contribution < 1.29 is 14.6 Å². The molecule has 0 saturated heterocycles. The van der Waals surface area contributed by atoms with Crippen LogP contribution >= 0.6 is 11.3 Å². The molecule has 0 radical (unpaired) electrons. The number of aliphatic hydroxyl groups excluding tert-OH is 1. The highest BCUT2D eigenvalue weighted by Crippen LogP contribution is 2.24. The van der Waals surface area contributed by atoms with Crippen LogP contribution in [0.5, 0.6) is 5.75 Å². The second-order valence-electron chi connectivity index (χ2n) is 5.52. The molecule has 1 aliphatic rings. The van der Waals surface area contributed by atoms with Gasteiger partial charge in [0.05, 0.1) is 19.7 Å². The van der Waals surface area contributed by atoms with Gasteiger partial charge in [0.25, 0.3) is 0 Å². The van der Waals surface area contributed by atoms with E-state index in [9.17, 15) is 9.90 Å². The summed E-state index contributed by atoms with van der Waals surface area (Å²) in [5.41, 5.74) is 1.87. The number of hydrogen-bond acceptors (Lipinski definition) is 5. The number of benzene rings is 1. The molecule has 6 heteroatoms. The molecule has 23 heavy (non-hydrogen) atoms. The van der Waals surface area contributed by atoms with Gasteiger partial charge in [0.2, 0.25) is 5.91 Å². The fraction of sp³-hybridized carbons (Fsp3) is 0.353. The summed E-state index contributed by atoms with van der Waals surface area (Å²) in [5.74, 6) is 0.851. The topological polar surface area (TPSA) is 61.8 Å². The van der Waals surface area contributed by atoms with Crippen molar-refractivity contribution in [1.82, 2.24) is 10.2 Å². The Morgan fingerprint density at radius 2 is 2.30 bits per heavy atom. The smallest absolute Gasteiger partial charge is 0.234 e. The number of carbonyl (C=O) groups is 1. The van der Waals surface area contributed by atoms with Gasteiger partial charge in [-0.3, -0.25) is 9.69 Å². The Morgan fingerprint density at radius 3 is 3.09 bits per heavy atom. The second-order valence-corrected chi connectivity index (χ2v) is 6.55. The molecule has 3 rings (SSSR count). The van der Waals surface area contributed by atoms with Crippen LogP contribution in [0.15, 0.2) is 35.7 Å². The number of nitrogens with one attached hydrogen (secondary N) is 1. The van der Waals surface area contributed by atoms with Crippen molar-refractivity contribution in [2.24, 2.45) is 0 Å². The van der Waals surface area contributed by atoms with E-state index in [1.54, 1.807) is 11.3 Å². The highest BCUT2D eigenvalue weighted by molar-refractivity contribution is 7.09. The van der Waals surface area contributed by atoms with Crippen LogP contribution in [0.25, 0.3) is 0 Å². The van der Waals surface area contributed by atoms with Gasteiger partial charge in [-0.1, -0.05) is 12.1 Å². The largest absolute Gasteiger partial charge is 0.492 e. The molecule has 2 N–H and O–H groups in total. The van der Waals surface area contributed by atoms with Gasteiger partial charge >= 0.3 is 0 Å². The summed E-state index contributed by atoms with van der Waals surface area (Å²) in [5, 5.41) is 14.2. The first-order chi connectivity index (χ1) is 11.2. The van der Waals surface area contributed by atoms with Crippen LogP contribution in [-0.2, 0) is 24.5 Å². The van der Waals surface area contributed by atoms with Crippen LogP contribution in [-0.4, -0.2) is 35.6 Å². The Labute approximate surface area is 139 Å². The molecule has 1 aromatic carbocycles. The van der Waals surface area contributed by atoms with Crippen molar-refractivity contribution in [3.05, 3.63) is 51.7 Å². The van der Waals surface area contributed by atoms with Crippen LogP contribution in [0.2, 0.25) is 0 Å². The molecule has 0 fully saturated rings. The van der Waals surface area contributed by atoms with Gasteiger partial charge in [-0.2, -0.15) is 0 Å². The predicted molar refractivity (Wildman–Crippen MR) is 89.3 cm³/mol. The molecule has 122 valence electrons. The monoisotopic (exact) mass is 332 g/mol. The van der Waals surface area contributed by atoms with E-state index in [1.165, 1.54) is 0 Å². The summed E-state index contributed by atoms with van der Waals surface area (Å²) in [4.78, 5) is 15.3. The second kappa shape index (κ2) is 7.59. The van der Waals surface area contributed by atoms with Crippen LogP contribution in [0, 0.1) is 0 Å². The van der Waals surface area contributed by atoms with Gasteiger partial charge in [-0.05, 0) is 29.1 Å². The molecule has 0 bridgehead atoms. The first-order valence-corrected chi connectivity index (χ1v) is 8.49. The standard InChI is InChI=1S/C17H20N2O3S/c20-12-13-3-4-16-14(8-13)10-19(5-6-22-16)11-17(21)18-9-15-2-1-7-23-15/h1-4,7-8,20H,5-6,9-12H2,(H,18,21). The molecule has 2 aromatic rings. The minimum absolute atomic E-state index is 0.00851. The maximum atomic E-state index is 12.1. The highest BCUT2D eigenvalue weighted by Gasteiger charge is 2.18. The summed E-state index contributed by atoms with van der Waals surface area (Å²) in [6.07, 6.45) is 0. The van der Waals surface area contributed by atoms with Crippen molar-refractivity contribution in [2.75, 3.05) is 19.7 Å². The zero-order chi connectivity index (χ0) is 16.1.